The minimum absolute atomic E-state index is 0. The highest BCUT2D eigenvalue weighted by Crippen LogP contribution is 2.21. The first kappa shape index (κ1) is 26.2. The predicted octanol–water partition coefficient (Wildman–Crippen LogP) is 2.66. The van der Waals surface area contributed by atoms with Crippen LogP contribution < -0.4 is 10.2 Å². The number of nitrogens with one attached hydrogen (secondary N) is 1. The molecular formula is C25H36IN7O. The molecule has 0 atom stereocenters. The lowest BCUT2D eigenvalue weighted by atomic mass is 9.90. The Kier molecular flexibility index (Phi) is 10.4. The Morgan fingerprint density at radius 3 is 2.29 bits per heavy atom. The zero-order valence-corrected chi connectivity index (χ0v) is 22.3. The minimum atomic E-state index is 0. The van der Waals surface area contributed by atoms with Crippen molar-refractivity contribution in [2.45, 2.75) is 25.7 Å². The summed E-state index contributed by atoms with van der Waals surface area (Å²) in [7, 11) is 1.82. The molecule has 1 aromatic carbocycles. The van der Waals surface area contributed by atoms with Gasteiger partial charge in [-0.05, 0) is 36.8 Å². The quantitative estimate of drug-likeness (QED) is 0.324. The number of guanidine groups is 1. The molecule has 34 heavy (non-hydrogen) atoms. The van der Waals surface area contributed by atoms with Gasteiger partial charge in [-0.25, -0.2) is 9.97 Å². The number of carbonyl (C=O) groups is 1. The van der Waals surface area contributed by atoms with Crippen LogP contribution in [0.4, 0.5) is 5.95 Å². The Bertz CT molecular complexity index is 896. The third-order valence-corrected chi connectivity index (χ3v) is 6.58. The molecular weight excluding hydrogens is 541 g/mol. The highest BCUT2D eigenvalue weighted by molar-refractivity contribution is 14.0. The van der Waals surface area contributed by atoms with Crippen LogP contribution in [0.2, 0.25) is 0 Å². The second kappa shape index (κ2) is 13.5. The van der Waals surface area contributed by atoms with Crippen molar-refractivity contribution in [2.75, 3.05) is 57.8 Å². The lowest BCUT2D eigenvalue weighted by Gasteiger charge is -2.35. The number of aromatic nitrogens is 2. The lowest BCUT2D eigenvalue weighted by molar-refractivity contribution is -0.131. The van der Waals surface area contributed by atoms with Gasteiger partial charge >= 0.3 is 0 Å². The molecule has 1 N–H and O–H groups in total. The van der Waals surface area contributed by atoms with Crippen molar-refractivity contribution in [1.82, 2.24) is 25.1 Å². The molecule has 0 spiro atoms. The second-order valence-electron chi connectivity index (χ2n) is 8.76. The first-order valence-corrected chi connectivity index (χ1v) is 12.0. The van der Waals surface area contributed by atoms with E-state index in [4.69, 9.17) is 0 Å². The van der Waals surface area contributed by atoms with Gasteiger partial charge in [0, 0.05) is 71.7 Å². The van der Waals surface area contributed by atoms with Crippen LogP contribution in [0.1, 0.15) is 24.8 Å². The van der Waals surface area contributed by atoms with E-state index in [1.165, 1.54) is 18.4 Å². The zero-order valence-electron chi connectivity index (χ0n) is 20.0. The first-order chi connectivity index (χ1) is 16.2. The van der Waals surface area contributed by atoms with Gasteiger partial charge in [-0.2, -0.15) is 0 Å². The highest BCUT2D eigenvalue weighted by Gasteiger charge is 2.24. The largest absolute Gasteiger partial charge is 0.356 e. The number of likely N-dealkylation sites (tertiary alicyclic amines) is 1. The van der Waals surface area contributed by atoms with Crippen molar-refractivity contribution in [3.8, 4) is 0 Å². The van der Waals surface area contributed by atoms with E-state index in [-0.39, 0.29) is 29.9 Å². The molecule has 2 aliphatic heterocycles. The van der Waals surface area contributed by atoms with Crippen molar-refractivity contribution >= 4 is 41.8 Å². The Morgan fingerprint density at radius 1 is 0.971 bits per heavy atom. The minimum Gasteiger partial charge on any atom is -0.356 e. The normalized spacial score (nSPS) is 17.3. The number of anilines is 1. The molecule has 0 unspecified atom stereocenters. The average Bonchev–Trinajstić information content (AvgIpc) is 2.88. The number of piperazine rings is 1. The molecule has 1 amide bonds. The first-order valence-electron chi connectivity index (χ1n) is 12.0. The fourth-order valence-corrected chi connectivity index (χ4v) is 4.68. The van der Waals surface area contributed by atoms with Crippen LogP contribution in [0.15, 0.2) is 53.8 Å². The van der Waals surface area contributed by atoms with Gasteiger partial charge in [0.1, 0.15) is 0 Å². The number of halogens is 1. The SMILES string of the molecule is CN=C(NCCC(=O)N1CCN(c2ncccn2)CC1)N1CCC(Cc2ccccc2)CC1.I. The van der Waals surface area contributed by atoms with Crippen LogP contribution in [0.25, 0.3) is 0 Å². The monoisotopic (exact) mass is 577 g/mol. The fraction of sp³-hybridized carbons (Fsp3) is 0.520. The smallest absolute Gasteiger partial charge is 0.225 e. The van der Waals surface area contributed by atoms with Gasteiger partial charge < -0.3 is 20.0 Å². The number of nitrogens with zero attached hydrogens (tertiary/aromatic N) is 6. The molecule has 1 aromatic heterocycles. The van der Waals surface area contributed by atoms with Gasteiger partial charge in [0.2, 0.25) is 11.9 Å². The topological polar surface area (TPSA) is 77.0 Å². The van der Waals surface area contributed by atoms with Crippen molar-refractivity contribution < 1.29 is 4.79 Å². The summed E-state index contributed by atoms with van der Waals surface area (Å²) in [6, 6.07) is 12.6. The maximum atomic E-state index is 12.7. The number of rotatable bonds is 6. The summed E-state index contributed by atoms with van der Waals surface area (Å²) in [6.45, 7) is 5.58. The third-order valence-electron chi connectivity index (χ3n) is 6.58. The van der Waals surface area contributed by atoms with E-state index in [1.54, 1.807) is 12.4 Å². The average molecular weight is 578 g/mol. The zero-order chi connectivity index (χ0) is 22.9. The van der Waals surface area contributed by atoms with E-state index in [0.717, 1.165) is 50.4 Å². The molecule has 2 aliphatic rings. The number of aliphatic imine (C=N–C) groups is 1. The Balaban J connectivity index is 0.00000324. The number of benzene rings is 1. The van der Waals surface area contributed by atoms with E-state index >= 15 is 0 Å². The standard InChI is InChI=1S/C25H35N7O.HI/c1-26-24(31-14-9-22(10-15-31)20-21-6-3-2-4-7-21)29-13-8-23(33)30-16-18-32(19-17-30)25-27-11-5-12-28-25;/h2-7,11-12,22H,8-10,13-20H2,1H3,(H,26,29);1H. The number of amides is 1. The molecule has 3 heterocycles. The second-order valence-corrected chi connectivity index (χ2v) is 8.76. The van der Waals surface area contributed by atoms with Gasteiger partial charge in [0.25, 0.3) is 0 Å². The Hall–Kier alpha value is -2.43. The van der Waals surface area contributed by atoms with Crippen molar-refractivity contribution in [2.24, 2.45) is 10.9 Å². The maximum Gasteiger partial charge on any atom is 0.225 e. The summed E-state index contributed by atoms with van der Waals surface area (Å²) in [4.78, 5) is 32.2. The summed E-state index contributed by atoms with van der Waals surface area (Å²) in [5.74, 6) is 2.56. The Labute approximate surface area is 219 Å². The molecule has 2 saturated heterocycles. The molecule has 184 valence electrons. The summed E-state index contributed by atoms with van der Waals surface area (Å²) in [5.41, 5.74) is 1.43. The summed E-state index contributed by atoms with van der Waals surface area (Å²) in [5, 5.41) is 3.41. The number of hydrogen-bond acceptors (Lipinski definition) is 5. The van der Waals surface area contributed by atoms with E-state index < -0.39 is 0 Å². The van der Waals surface area contributed by atoms with Crippen LogP contribution >= 0.6 is 24.0 Å². The van der Waals surface area contributed by atoms with Crippen molar-refractivity contribution in [3.05, 3.63) is 54.4 Å². The maximum absolute atomic E-state index is 12.7. The van der Waals surface area contributed by atoms with E-state index in [2.05, 4.69) is 60.4 Å². The van der Waals surface area contributed by atoms with Crippen LogP contribution in [-0.4, -0.2) is 84.5 Å². The van der Waals surface area contributed by atoms with Gasteiger partial charge in [-0.3, -0.25) is 9.79 Å². The third kappa shape index (κ3) is 7.28. The van der Waals surface area contributed by atoms with E-state index in [1.807, 2.05) is 18.0 Å². The predicted molar refractivity (Wildman–Crippen MR) is 147 cm³/mol. The molecule has 0 radical (unpaired) electrons. The lowest BCUT2D eigenvalue weighted by Crippen LogP contribution is -2.50. The summed E-state index contributed by atoms with van der Waals surface area (Å²) < 4.78 is 0. The van der Waals surface area contributed by atoms with Gasteiger partial charge in [0.15, 0.2) is 5.96 Å². The van der Waals surface area contributed by atoms with Gasteiger partial charge in [0.05, 0.1) is 0 Å². The number of piperidine rings is 1. The number of carbonyl (C=O) groups excluding carboxylic acids is 1. The molecule has 2 aromatic rings. The molecule has 0 aliphatic carbocycles. The molecule has 4 rings (SSSR count). The van der Waals surface area contributed by atoms with E-state index in [0.29, 0.717) is 26.1 Å². The molecule has 8 nitrogen and oxygen atoms in total. The van der Waals surface area contributed by atoms with Crippen molar-refractivity contribution in [1.29, 1.82) is 0 Å². The van der Waals surface area contributed by atoms with Crippen LogP contribution in [0.3, 0.4) is 0 Å². The fourth-order valence-electron chi connectivity index (χ4n) is 4.68. The molecule has 0 bridgehead atoms. The van der Waals surface area contributed by atoms with Gasteiger partial charge in [-0.15, -0.1) is 24.0 Å². The molecule has 0 saturated carbocycles. The summed E-state index contributed by atoms with van der Waals surface area (Å²) in [6.07, 6.45) is 7.48. The van der Waals surface area contributed by atoms with Crippen molar-refractivity contribution in [3.63, 3.8) is 0 Å². The van der Waals surface area contributed by atoms with Crippen LogP contribution in [-0.2, 0) is 11.2 Å². The number of hydrogen-bond donors (Lipinski definition) is 1. The van der Waals surface area contributed by atoms with Crippen LogP contribution in [0, 0.1) is 5.92 Å². The molecule has 9 heteroatoms. The van der Waals surface area contributed by atoms with Crippen LogP contribution in [0.5, 0.6) is 0 Å². The summed E-state index contributed by atoms with van der Waals surface area (Å²) >= 11 is 0. The molecule has 2 fully saturated rings. The van der Waals surface area contributed by atoms with E-state index in [9.17, 15) is 4.79 Å². The van der Waals surface area contributed by atoms with Gasteiger partial charge in [-0.1, -0.05) is 30.3 Å². The highest BCUT2D eigenvalue weighted by atomic mass is 127. The Morgan fingerprint density at radius 2 is 1.65 bits per heavy atom.